The summed E-state index contributed by atoms with van der Waals surface area (Å²) in [5, 5.41) is 5.91. The van der Waals surface area contributed by atoms with Crippen molar-refractivity contribution in [3.63, 3.8) is 0 Å². The largest absolute Gasteiger partial charge is 0.321 e. The van der Waals surface area contributed by atoms with Gasteiger partial charge in [0.05, 0.1) is 10.7 Å². The van der Waals surface area contributed by atoms with Crippen molar-refractivity contribution < 1.29 is 9.59 Å². The summed E-state index contributed by atoms with van der Waals surface area (Å²) in [4.78, 5) is 28.8. The monoisotopic (exact) mass is 365 g/mol. The number of nitrogens with one attached hydrogen (secondary N) is 2. The third kappa shape index (κ3) is 4.26. The number of para-hydroxylation sites is 1. The van der Waals surface area contributed by atoms with Crippen LogP contribution in [0.2, 0.25) is 5.02 Å². The van der Waals surface area contributed by atoms with Gasteiger partial charge in [-0.05, 0) is 43.3 Å². The second-order valence-electron chi connectivity index (χ2n) is 5.68. The van der Waals surface area contributed by atoms with Crippen molar-refractivity contribution in [3.05, 3.63) is 88.7 Å². The summed E-state index contributed by atoms with van der Waals surface area (Å²) in [6, 6.07) is 17.3. The van der Waals surface area contributed by atoms with Gasteiger partial charge < -0.3 is 10.6 Å². The summed E-state index contributed by atoms with van der Waals surface area (Å²) in [5.41, 5.74) is 2.72. The number of carbonyl (C=O) groups excluding carboxylic acids is 2. The number of anilines is 2. The summed E-state index contributed by atoms with van der Waals surface area (Å²) in [6.07, 6.45) is 1.42. The second kappa shape index (κ2) is 7.80. The number of aryl methyl sites for hydroxylation is 1. The molecule has 2 aromatic carbocycles. The predicted octanol–water partition coefficient (Wildman–Crippen LogP) is 4.55. The fourth-order valence-electron chi connectivity index (χ4n) is 2.29. The number of carbonyl (C=O) groups is 2. The van der Waals surface area contributed by atoms with Crippen molar-refractivity contribution in [3.8, 4) is 0 Å². The van der Waals surface area contributed by atoms with E-state index in [1.165, 1.54) is 18.3 Å². The lowest BCUT2D eigenvalue weighted by atomic mass is 10.2. The number of aromatic nitrogens is 1. The molecule has 2 N–H and O–H groups in total. The molecule has 0 unspecified atom stereocenters. The van der Waals surface area contributed by atoms with Gasteiger partial charge in [0.1, 0.15) is 5.69 Å². The van der Waals surface area contributed by atoms with E-state index in [0.717, 1.165) is 5.56 Å². The summed E-state index contributed by atoms with van der Waals surface area (Å²) < 4.78 is 0. The lowest BCUT2D eigenvalue weighted by Gasteiger charge is -2.08. The molecule has 5 nitrogen and oxygen atoms in total. The molecule has 0 atom stereocenters. The molecule has 26 heavy (non-hydrogen) atoms. The first kappa shape index (κ1) is 17.6. The minimum Gasteiger partial charge on any atom is -0.321 e. The molecule has 0 spiro atoms. The average Bonchev–Trinajstić information content (AvgIpc) is 2.65. The number of amides is 2. The van der Waals surface area contributed by atoms with Gasteiger partial charge in [0.15, 0.2) is 0 Å². The third-order valence-electron chi connectivity index (χ3n) is 3.69. The smallest absolute Gasteiger partial charge is 0.274 e. The molecule has 6 heteroatoms. The van der Waals surface area contributed by atoms with Crippen LogP contribution in [0.1, 0.15) is 26.4 Å². The standard InChI is InChI=1S/C20H16ClN3O2/c1-13-6-8-15(9-7-13)23-20(26)18-12-14(10-11-22-18)19(25)24-17-5-3-2-4-16(17)21/h2-12H,1H3,(H,23,26)(H,24,25). The number of hydrogen-bond donors (Lipinski definition) is 2. The molecule has 0 fully saturated rings. The van der Waals surface area contributed by atoms with Crippen molar-refractivity contribution in [1.29, 1.82) is 0 Å². The summed E-state index contributed by atoms with van der Waals surface area (Å²) >= 11 is 6.05. The number of benzene rings is 2. The fraction of sp³-hybridized carbons (Fsp3) is 0.0500. The second-order valence-corrected chi connectivity index (χ2v) is 6.09. The van der Waals surface area contributed by atoms with E-state index >= 15 is 0 Å². The van der Waals surface area contributed by atoms with Gasteiger partial charge in [0, 0.05) is 17.4 Å². The van der Waals surface area contributed by atoms with Crippen LogP contribution in [0.4, 0.5) is 11.4 Å². The minimum atomic E-state index is -0.388. The van der Waals surface area contributed by atoms with Gasteiger partial charge in [-0.2, -0.15) is 0 Å². The van der Waals surface area contributed by atoms with Crippen LogP contribution in [0.15, 0.2) is 66.9 Å². The van der Waals surface area contributed by atoms with Crippen LogP contribution in [0, 0.1) is 6.92 Å². The van der Waals surface area contributed by atoms with Crippen molar-refractivity contribution in [2.45, 2.75) is 6.92 Å². The van der Waals surface area contributed by atoms with Crippen molar-refractivity contribution in [2.24, 2.45) is 0 Å². The highest BCUT2D eigenvalue weighted by Crippen LogP contribution is 2.21. The molecule has 1 aromatic heterocycles. The Labute approximate surface area is 156 Å². The average molecular weight is 366 g/mol. The Kier molecular flexibility index (Phi) is 5.29. The molecule has 0 saturated carbocycles. The normalized spacial score (nSPS) is 10.2. The maximum atomic E-state index is 12.4. The third-order valence-corrected chi connectivity index (χ3v) is 4.02. The van der Waals surface area contributed by atoms with E-state index in [0.29, 0.717) is 22.0 Å². The summed E-state index contributed by atoms with van der Waals surface area (Å²) in [6.45, 7) is 1.97. The zero-order valence-electron chi connectivity index (χ0n) is 14.0. The fourth-order valence-corrected chi connectivity index (χ4v) is 2.47. The Morgan fingerprint density at radius 1 is 0.923 bits per heavy atom. The van der Waals surface area contributed by atoms with E-state index in [9.17, 15) is 9.59 Å². The quantitative estimate of drug-likeness (QED) is 0.712. The van der Waals surface area contributed by atoms with Crippen LogP contribution < -0.4 is 10.6 Å². The van der Waals surface area contributed by atoms with Crippen molar-refractivity contribution >= 4 is 34.8 Å². The summed E-state index contributed by atoms with van der Waals surface area (Å²) in [5.74, 6) is -0.758. The number of pyridine rings is 1. The van der Waals surface area contributed by atoms with Crippen LogP contribution in [-0.4, -0.2) is 16.8 Å². The number of rotatable bonds is 4. The highest BCUT2D eigenvalue weighted by atomic mass is 35.5. The molecule has 1 heterocycles. The zero-order chi connectivity index (χ0) is 18.5. The molecule has 3 rings (SSSR count). The molecule has 130 valence electrons. The van der Waals surface area contributed by atoms with Gasteiger partial charge in [0.25, 0.3) is 11.8 Å². The van der Waals surface area contributed by atoms with Crippen LogP contribution in [0.5, 0.6) is 0 Å². The Hall–Kier alpha value is -3.18. The van der Waals surface area contributed by atoms with Crippen LogP contribution in [0.25, 0.3) is 0 Å². The highest BCUT2D eigenvalue weighted by Gasteiger charge is 2.13. The van der Waals surface area contributed by atoms with Crippen LogP contribution in [-0.2, 0) is 0 Å². The number of halogens is 1. The van der Waals surface area contributed by atoms with Crippen molar-refractivity contribution in [1.82, 2.24) is 4.98 Å². The Morgan fingerprint density at radius 2 is 1.65 bits per heavy atom. The van der Waals surface area contributed by atoms with Gasteiger partial charge in [-0.25, -0.2) is 0 Å². The van der Waals surface area contributed by atoms with E-state index in [1.54, 1.807) is 36.4 Å². The Morgan fingerprint density at radius 3 is 2.38 bits per heavy atom. The molecule has 2 amide bonds. The highest BCUT2D eigenvalue weighted by molar-refractivity contribution is 6.33. The molecule has 0 saturated heterocycles. The molecule has 3 aromatic rings. The molecular weight excluding hydrogens is 350 g/mol. The summed E-state index contributed by atoms with van der Waals surface area (Å²) in [7, 11) is 0. The molecule has 0 radical (unpaired) electrons. The topological polar surface area (TPSA) is 71.1 Å². The Bertz CT molecular complexity index is 955. The number of nitrogens with zero attached hydrogens (tertiary/aromatic N) is 1. The van der Waals surface area contributed by atoms with E-state index in [1.807, 2.05) is 19.1 Å². The maximum Gasteiger partial charge on any atom is 0.274 e. The molecule has 0 aliphatic rings. The van der Waals surface area contributed by atoms with Gasteiger partial charge in [0.2, 0.25) is 0 Å². The Balaban J connectivity index is 1.75. The first-order valence-corrected chi connectivity index (χ1v) is 8.31. The molecule has 0 aliphatic carbocycles. The van der Waals surface area contributed by atoms with Crippen LogP contribution >= 0.6 is 11.6 Å². The number of hydrogen-bond acceptors (Lipinski definition) is 3. The van der Waals surface area contributed by atoms with Gasteiger partial charge in [-0.1, -0.05) is 41.4 Å². The van der Waals surface area contributed by atoms with Gasteiger partial charge in [-0.3, -0.25) is 14.6 Å². The van der Waals surface area contributed by atoms with E-state index in [-0.39, 0.29) is 17.5 Å². The van der Waals surface area contributed by atoms with Crippen LogP contribution in [0.3, 0.4) is 0 Å². The predicted molar refractivity (Wildman–Crippen MR) is 103 cm³/mol. The lowest BCUT2D eigenvalue weighted by Crippen LogP contribution is -2.17. The van der Waals surface area contributed by atoms with E-state index in [4.69, 9.17) is 11.6 Å². The van der Waals surface area contributed by atoms with E-state index < -0.39 is 0 Å². The first-order chi connectivity index (χ1) is 12.5. The molecular formula is C20H16ClN3O2. The van der Waals surface area contributed by atoms with Crippen molar-refractivity contribution in [2.75, 3.05) is 10.6 Å². The first-order valence-electron chi connectivity index (χ1n) is 7.93. The van der Waals surface area contributed by atoms with E-state index in [2.05, 4.69) is 15.6 Å². The molecule has 0 bridgehead atoms. The zero-order valence-corrected chi connectivity index (χ0v) is 14.7. The van der Waals surface area contributed by atoms with Gasteiger partial charge in [-0.15, -0.1) is 0 Å². The maximum absolute atomic E-state index is 12.4. The minimum absolute atomic E-state index is 0.150. The SMILES string of the molecule is Cc1ccc(NC(=O)c2cc(C(=O)Nc3ccccc3Cl)ccn2)cc1. The lowest BCUT2D eigenvalue weighted by molar-refractivity contribution is 0.102. The molecule has 0 aliphatic heterocycles. The van der Waals surface area contributed by atoms with Gasteiger partial charge >= 0.3 is 0 Å².